The molecule has 9 heteroatoms. The third kappa shape index (κ3) is 4.09. The van der Waals surface area contributed by atoms with Gasteiger partial charge in [-0.3, -0.25) is 4.79 Å². The van der Waals surface area contributed by atoms with E-state index in [0.717, 1.165) is 18.7 Å². The molecule has 1 aromatic carbocycles. The van der Waals surface area contributed by atoms with E-state index in [1.165, 1.54) is 6.33 Å². The number of morpholine rings is 1. The van der Waals surface area contributed by atoms with Gasteiger partial charge in [0.15, 0.2) is 0 Å². The van der Waals surface area contributed by atoms with Crippen molar-refractivity contribution in [2.75, 3.05) is 31.2 Å². The topological polar surface area (TPSA) is 106 Å². The number of carbonyl (C=O) groups excluding carboxylic acids is 1. The van der Waals surface area contributed by atoms with E-state index in [4.69, 9.17) is 9.26 Å². The fourth-order valence-corrected chi connectivity index (χ4v) is 2.71. The van der Waals surface area contributed by atoms with E-state index in [1.807, 2.05) is 30.3 Å². The molecule has 0 radical (unpaired) electrons. The van der Waals surface area contributed by atoms with Crippen LogP contribution in [-0.2, 0) is 11.3 Å². The summed E-state index contributed by atoms with van der Waals surface area (Å²) >= 11 is 0. The Morgan fingerprint density at radius 2 is 1.96 bits per heavy atom. The molecule has 2 aromatic heterocycles. The first kappa shape index (κ1) is 17.1. The summed E-state index contributed by atoms with van der Waals surface area (Å²) in [7, 11) is 0. The van der Waals surface area contributed by atoms with Crippen LogP contribution >= 0.6 is 0 Å². The molecule has 1 N–H and O–H groups in total. The van der Waals surface area contributed by atoms with Crippen molar-refractivity contribution >= 4 is 11.7 Å². The van der Waals surface area contributed by atoms with E-state index in [-0.39, 0.29) is 18.1 Å². The zero-order chi connectivity index (χ0) is 18.5. The van der Waals surface area contributed by atoms with Gasteiger partial charge in [-0.05, 0) is 0 Å². The zero-order valence-corrected chi connectivity index (χ0v) is 14.5. The molecular weight excluding hydrogens is 348 g/mol. The van der Waals surface area contributed by atoms with Crippen molar-refractivity contribution in [3.63, 3.8) is 0 Å². The number of anilines is 1. The molecule has 0 bridgehead atoms. The summed E-state index contributed by atoms with van der Waals surface area (Å²) in [5.74, 6) is 1.19. The lowest BCUT2D eigenvalue weighted by Gasteiger charge is -2.27. The number of ether oxygens (including phenoxy) is 1. The van der Waals surface area contributed by atoms with Gasteiger partial charge in [-0.15, -0.1) is 0 Å². The molecule has 1 amide bonds. The number of hydrogen-bond acceptors (Lipinski definition) is 8. The summed E-state index contributed by atoms with van der Waals surface area (Å²) < 4.78 is 10.5. The quantitative estimate of drug-likeness (QED) is 0.720. The summed E-state index contributed by atoms with van der Waals surface area (Å²) in [6.07, 6.45) is 1.39. The van der Waals surface area contributed by atoms with Gasteiger partial charge >= 0.3 is 0 Å². The Bertz CT molecular complexity index is 908. The smallest absolute Gasteiger partial charge is 0.270 e. The molecule has 3 aromatic rings. The minimum Gasteiger partial charge on any atom is -0.378 e. The van der Waals surface area contributed by atoms with Gasteiger partial charge in [0.2, 0.25) is 11.7 Å². The van der Waals surface area contributed by atoms with Crippen molar-refractivity contribution in [3.05, 3.63) is 54.3 Å². The number of nitrogens with zero attached hydrogens (tertiary/aromatic N) is 5. The van der Waals surface area contributed by atoms with Crippen LogP contribution in [0.1, 0.15) is 16.4 Å². The second-order valence-corrected chi connectivity index (χ2v) is 5.92. The third-order valence-corrected chi connectivity index (χ3v) is 4.12. The first-order chi connectivity index (χ1) is 13.3. The number of aromatic nitrogens is 4. The summed E-state index contributed by atoms with van der Waals surface area (Å²) in [5.41, 5.74) is 1.14. The number of carbonyl (C=O) groups is 1. The Balaban J connectivity index is 1.39. The Labute approximate surface area is 155 Å². The minimum absolute atomic E-state index is 0.121. The number of nitrogens with one attached hydrogen (secondary N) is 1. The molecule has 3 heterocycles. The highest BCUT2D eigenvalue weighted by Gasteiger charge is 2.16. The van der Waals surface area contributed by atoms with Crippen molar-refractivity contribution in [1.29, 1.82) is 0 Å². The van der Waals surface area contributed by atoms with Crippen LogP contribution in [0.15, 0.2) is 47.2 Å². The SMILES string of the molecule is O=C(NCc1nc(-c2ccccc2)no1)c1cc(N2CCOCC2)ncn1. The van der Waals surface area contributed by atoms with Gasteiger partial charge in [0.1, 0.15) is 17.8 Å². The second kappa shape index (κ2) is 7.92. The molecule has 9 nitrogen and oxygen atoms in total. The number of benzene rings is 1. The van der Waals surface area contributed by atoms with Crippen LogP contribution in [-0.4, -0.2) is 52.3 Å². The number of rotatable bonds is 5. The molecule has 1 aliphatic heterocycles. The molecule has 0 saturated carbocycles. The maximum Gasteiger partial charge on any atom is 0.270 e. The van der Waals surface area contributed by atoms with Crippen molar-refractivity contribution < 1.29 is 14.1 Å². The summed E-state index contributed by atoms with van der Waals surface area (Å²) in [5, 5.41) is 6.67. The molecule has 138 valence electrons. The fourth-order valence-electron chi connectivity index (χ4n) is 2.71. The molecule has 27 heavy (non-hydrogen) atoms. The summed E-state index contributed by atoms with van der Waals surface area (Å²) in [4.78, 5) is 27.0. The van der Waals surface area contributed by atoms with Crippen LogP contribution in [0.2, 0.25) is 0 Å². The van der Waals surface area contributed by atoms with Crippen molar-refractivity contribution in [1.82, 2.24) is 25.4 Å². The number of hydrogen-bond donors (Lipinski definition) is 1. The van der Waals surface area contributed by atoms with E-state index >= 15 is 0 Å². The summed E-state index contributed by atoms with van der Waals surface area (Å²) in [6.45, 7) is 2.89. The molecule has 0 aliphatic carbocycles. The van der Waals surface area contributed by atoms with Gasteiger partial charge in [0.05, 0.1) is 19.8 Å². The Morgan fingerprint density at radius 3 is 2.78 bits per heavy atom. The first-order valence-corrected chi connectivity index (χ1v) is 8.60. The summed E-state index contributed by atoms with van der Waals surface area (Å²) in [6, 6.07) is 11.2. The average molecular weight is 366 g/mol. The monoisotopic (exact) mass is 366 g/mol. The van der Waals surface area contributed by atoms with Gasteiger partial charge in [0, 0.05) is 24.7 Å². The fraction of sp³-hybridized carbons (Fsp3) is 0.278. The van der Waals surface area contributed by atoms with Crippen LogP contribution < -0.4 is 10.2 Å². The van der Waals surface area contributed by atoms with Crippen LogP contribution in [0.3, 0.4) is 0 Å². The van der Waals surface area contributed by atoms with E-state index in [1.54, 1.807) is 6.07 Å². The van der Waals surface area contributed by atoms with Gasteiger partial charge < -0.3 is 19.5 Å². The lowest BCUT2D eigenvalue weighted by Crippen LogP contribution is -2.37. The Morgan fingerprint density at radius 1 is 1.15 bits per heavy atom. The van der Waals surface area contributed by atoms with E-state index in [9.17, 15) is 4.79 Å². The van der Waals surface area contributed by atoms with Gasteiger partial charge in [-0.1, -0.05) is 35.5 Å². The predicted molar refractivity (Wildman–Crippen MR) is 96.0 cm³/mol. The van der Waals surface area contributed by atoms with Gasteiger partial charge in [0.25, 0.3) is 5.91 Å². The molecule has 4 rings (SSSR count). The highest BCUT2D eigenvalue weighted by atomic mass is 16.5. The number of amides is 1. The van der Waals surface area contributed by atoms with Gasteiger partial charge in [-0.25, -0.2) is 9.97 Å². The maximum absolute atomic E-state index is 12.4. The first-order valence-electron chi connectivity index (χ1n) is 8.60. The van der Waals surface area contributed by atoms with Crippen LogP contribution in [0, 0.1) is 0 Å². The molecular formula is C18H18N6O3. The molecule has 0 spiro atoms. The van der Waals surface area contributed by atoms with E-state index in [0.29, 0.717) is 30.7 Å². The Hall–Kier alpha value is -3.33. The minimum atomic E-state index is -0.327. The molecule has 0 atom stereocenters. The Kier molecular flexibility index (Phi) is 5.01. The van der Waals surface area contributed by atoms with E-state index in [2.05, 4.69) is 30.3 Å². The van der Waals surface area contributed by atoms with Crippen molar-refractivity contribution in [3.8, 4) is 11.4 Å². The van der Waals surface area contributed by atoms with Crippen LogP contribution in [0.5, 0.6) is 0 Å². The van der Waals surface area contributed by atoms with Crippen LogP contribution in [0.25, 0.3) is 11.4 Å². The average Bonchev–Trinajstić information content (AvgIpc) is 3.22. The standard InChI is InChI=1S/C18H18N6O3/c25-18(14-10-15(21-12-20-14)24-6-8-26-9-7-24)19-11-16-22-17(23-27-16)13-4-2-1-3-5-13/h1-5,10,12H,6-9,11H2,(H,19,25). The normalized spacial score (nSPS) is 14.1. The zero-order valence-electron chi connectivity index (χ0n) is 14.5. The lowest BCUT2D eigenvalue weighted by molar-refractivity contribution is 0.0941. The molecule has 1 aliphatic rings. The van der Waals surface area contributed by atoms with Gasteiger partial charge in [-0.2, -0.15) is 4.98 Å². The van der Waals surface area contributed by atoms with Crippen molar-refractivity contribution in [2.45, 2.75) is 6.54 Å². The predicted octanol–water partition coefficient (Wildman–Crippen LogP) is 1.29. The van der Waals surface area contributed by atoms with E-state index < -0.39 is 0 Å². The highest BCUT2D eigenvalue weighted by Crippen LogP contribution is 2.15. The second-order valence-electron chi connectivity index (χ2n) is 5.92. The lowest BCUT2D eigenvalue weighted by atomic mass is 10.2. The van der Waals surface area contributed by atoms with Crippen molar-refractivity contribution in [2.24, 2.45) is 0 Å². The highest BCUT2D eigenvalue weighted by molar-refractivity contribution is 5.92. The molecule has 0 unspecified atom stereocenters. The maximum atomic E-state index is 12.4. The molecule has 1 saturated heterocycles. The largest absolute Gasteiger partial charge is 0.378 e. The van der Waals surface area contributed by atoms with Crippen LogP contribution in [0.4, 0.5) is 5.82 Å². The molecule has 1 fully saturated rings. The third-order valence-electron chi connectivity index (χ3n) is 4.12.